The summed E-state index contributed by atoms with van der Waals surface area (Å²) in [5, 5.41) is 10.5. The van der Waals surface area contributed by atoms with E-state index in [-0.39, 0.29) is 25.7 Å². The molecule has 0 fully saturated rings. The average molecular weight is 1160 g/mol. The average Bonchev–Trinajstić information content (AvgIpc) is 3.40. The molecule has 17 nitrogen and oxygen atoms in total. The van der Waals surface area contributed by atoms with Crippen LogP contribution in [0.1, 0.15) is 291 Å². The molecule has 0 heterocycles. The van der Waals surface area contributed by atoms with Gasteiger partial charge in [0, 0.05) is 25.7 Å². The lowest BCUT2D eigenvalue weighted by Gasteiger charge is -2.21. The van der Waals surface area contributed by atoms with Crippen molar-refractivity contribution in [3.05, 3.63) is 0 Å². The van der Waals surface area contributed by atoms with E-state index in [9.17, 15) is 43.2 Å². The summed E-state index contributed by atoms with van der Waals surface area (Å²) in [6, 6.07) is 0. The smallest absolute Gasteiger partial charge is 0.462 e. The SMILES string of the molecule is CCCCCCCCCCCCCC(=O)OC[C@H](COP(=O)(O)OC[C@@H](O)COP(=O)(O)OC[C@@H](COC(=O)CCCCCCCCC)OC(=O)CCCCCCCCCC)OC(=O)CCCCCCCCCCCC(C)C. The summed E-state index contributed by atoms with van der Waals surface area (Å²) < 4.78 is 67.6. The van der Waals surface area contributed by atoms with Crippen LogP contribution in [-0.4, -0.2) is 96.7 Å². The number of esters is 4. The van der Waals surface area contributed by atoms with E-state index in [2.05, 4.69) is 34.6 Å². The molecular formula is C59H114O17P2. The Labute approximate surface area is 473 Å². The molecule has 3 N–H and O–H groups in total. The van der Waals surface area contributed by atoms with Gasteiger partial charge in [0.25, 0.3) is 0 Å². The predicted octanol–water partition coefficient (Wildman–Crippen LogP) is 15.8. The number of aliphatic hydroxyl groups excluding tert-OH is 1. The first kappa shape index (κ1) is 76.1. The third kappa shape index (κ3) is 53.4. The van der Waals surface area contributed by atoms with Crippen molar-refractivity contribution in [3.8, 4) is 0 Å². The lowest BCUT2D eigenvalue weighted by molar-refractivity contribution is -0.161. The van der Waals surface area contributed by atoms with Crippen LogP contribution in [0.2, 0.25) is 0 Å². The molecule has 0 rings (SSSR count). The molecule has 0 aliphatic heterocycles. The van der Waals surface area contributed by atoms with Gasteiger partial charge >= 0.3 is 39.5 Å². The molecule has 462 valence electrons. The van der Waals surface area contributed by atoms with E-state index < -0.39 is 97.5 Å². The maximum atomic E-state index is 12.9. The molecule has 0 aliphatic carbocycles. The van der Waals surface area contributed by atoms with E-state index in [1.165, 1.54) is 96.3 Å². The van der Waals surface area contributed by atoms with Gasteiger partial charge in [-0.25, -0.2) is 9.13 Å². The molecule has 5 atom stereocenters. The molecule has 19 heteroatoms. The molecule has 0 aromatic rings. The van der Waals surface area contributed by atoms with Crippen LogP contribution < -0.4 is 0 Å². The summed E-state index contributed by atoms with van der Waals surface area (Å²) in [6.07, 6.45) is 34.9. The largest absolute Gasteiger partial charge is 0.472 e. The fourth-order valence-corrected chi connectivity index (χ4v) is 10.3. The molecule has 0 bridgehead atoms. The van der Waals surface area contributed by atoms with Crippen molar-refractivity contribution in [1.29, 1.82) is 0 Å². The maximum Gasteiger partial charge on any atom is 0.472 e. The second-order valence-corrected chi connectivity index (χ2v) is 24.8. The minimum Gasteiger partial charge on any atom is -0.462 e. The number of carbonyl (C=O) groups excluding carboxylic acids is 4. The highest BCUT2D eigenvalue weighted by Crippen LogP contribution is 2.45. The number of hydrogen-bond donors (Lipinski definition) is 3. The second-order valence-electron chi connectivity index (χ2n) is 21.9. The Bertz CT molecular complexity index is 1530. The van der Waals surface area contributed by atoms with Crippen LogP contribution in [0.15, 0.2) is 0 Å². The first-order valence-corrected chi connectivity index (χ1v) is 34.1. The highest BCUT2D eigenvalue weighted by Gasteiger charge is 2.30. The lowest BCUT2D eigenvalue weighted by atomic mass is 10.0. The topological polar surface area (TPSA) is 237 Å². The van der Waals surface area contributed by atoms with Crippen LogP contribution >= 0.6 is 15.6 Å². The van der Waals surface area contributed by atoms with Gasteiger partial charge in [-0.1, -0.05) is 240 Å². The maximum absolute atomic E-state index is 12.9. The standard InChI is InChI=1S/C59H114O17P2/c1-6-9-12-15-18-20-21-24-29-33-38-43-57(62)70-49-55(76-59(64)45-40-35-30-25-22-23-27-31-36-41-52(4)5)51-74-78(67,68)72-47-53(60)46-71-77(65,66)73-50-54(48-69-56(61)42-37-32-26-17-14-11-8-3)75-58(63)44-39-34-28-19-16-13-10-7-2/h52-55,60H,6-51H2,1-5H3,(H,65,66)(H,67,68)/t53-,54+,55+/m0/s1. The first-order chi connectivity index (χ1) is 37.5. The van der Waals surface area contributed by atoms with E-state index in [0.717, 1.165) is 115 Å². The molecule has 78 heavy (non-hydrogen) atoms. The van der Waals surface area contributed by atoms with Crippen LogP contribution in [0.3, 0.4) is 0 Å². The molecule has 0 saturated carbocycles. The van der Waals surface area contributed by atoms with Gasteiger partial charge in [0.15, 0.2) is 12.2 Å². The molecule has 0 aromatic carbocycles. The van der Waals surface area contributed by atoms with Gasteiger partial charge in [0.05, 0.1) is 26.4 Å². The van der Waals surface area contributed by atoms with Crippen LogP contribution in [-0.2, 0) is 65.4 Å². The summed E-state index contributed by atoms with van der Waals surface area (Å²) in [5.41, 5.74) is 0. The molecule has 0 aliphatic rings. The van der Waals surface area contributed by atoms with Crippen LogP contribution in [0, 0.1) is 5.92 Å². The fourth-order valence-electron chi connectivity index (χ4n) is 8.70. The summed E-state index contributed by atoms with van der Waals surface area (Å²) in [6.45, 7) is 7.06. The molecule has 0 aromatic heterocycles. The van der Waals surface area contributed by atoms with Crippen LogP contribution in [0.4, 0.5) is 0 Å². The Balaban J connectivity index is 5.21. The summed E-state index contributed by atoms with van der Waals surface area (Å²) in [7, 11) is -9.87. The van der Waals surface area contributed by atoms with Gasteiger partial charge in [-0.3, -0.25) is 37.3 Å². The quantitative estimate of drug-likeness (QED) is 0.0222. The van der Waals surface area contributed by atoms with Crippen LogP contribution in [0.25, 0.3) is 0 Å². The Kier molecular flexibility index (Phi) is 51.8. The highest BCUT2D eigenvalue weighted by molar-refractivity contribution is 7.47. The molecule has 0 amide bonds. The number of ether oxygens (including phenoxy) is 4. The monoisotopic (exact) mass is 1160 g/mol. The molecule has 0 spiro atoms. The van der Waals surface area contributed by atoms with E-state index in [4.69, 9.17) is 37.0 Å². The number of carbonyl (C=O) groups is 4. The van der Waals surface area contributed by atoms with Crippen molar-refractivity contribution in [2.45, 2.75) is 310 Å². The van der Waals surface area contributed by atoms with E-state index in [0.29, 0.717) is 25.7 Å². The Morgan fingerprint density at radius 2 is 0.590 bits per heavy atom. The van der Waals surface area contributed by atoms with Gasteiger partial charge < -0.3 is 33.8 Å². The van der Waals surface area contributed by atoms with Crippen LogP contribution in [0.5, 0.6) is 0 Å². The lowest BCUT2D eigenvalue weighted by Crippen LogP contribution is -2.30. The van der Waals surface area contributed by atoms with Gasteiger partial charge in [0.2, 0.25) is 0 Å². The normalized spacial score (nSPS) is 14.4. The second kappa shape index (κ2) is 53.1. The number of phosphoric acid groups is 2. The summed E-state index contributed by atoms with van der Waals surface area (Å²) in [4.78, 5) is 71.8. The molecule has 0 radical (unpaired) electrons. The predicted molar refractivity (Wildman–Crippen MR) is 308 cm³/mol. The van der Waals surface area contributed by atoms with Crippen molar-refractivity contribution in [2.24, 2.45) is 5.92 Å². The van der Waals surface area contributed by atoms with Crippen molar-refractivity contribution in [2.75, 3.05) is 39.6 Å². The zero-order valence-electron chi connectivity index (χ0n) is 49.8. The van der Waals surface area contributed by atoms with E-state index >= 15 is 0 Å². The van der Waals surface area contributed by atoms with Crippen molar-refractivity contribution in [1.82, 2.24) is 0 Å². The van der Waals surface area contributed by atoms with Gasteiger partial charge in [0.1, 0.15) is 19.3 Å². The van der Waals surface area contributed by atoms with Gasteiger partial charge in [-0.2, -0.15) is 0 Å². The molecule has 2 unspecified atom stereocenters. The van der Waals surface area contributed by atoms with Crippen molar-refractivity contribution < 1.29 is 80.2 Å². The fraction of sp³-hybridized carbons (Fsp3) is 0.932. The molecular weight excluding hydrogens is 1040 g/mol. The number of aliphatic hydroxyl groups is 1. The third-order valence-corrected chi connectivity index (χ3v) is 15.4. The Hall–Kier alpha value is -1.94. The van der Waals surface area contributed by atoms with E-state index in [1.807, 2.05) is 0 Å². The van der Waals surface area contributed by atoms with Crippen molar-refractivity contribution >= 4 is 39.5 Å². The number of phosphoric ester groups is 2. The highest BCUT2D eigenvalue weighted by atomic mass is 31.2. The number of rotatable bonds is 59. The summed E-state index contributed by atoms with van der Waals surface area (Å²) in [5.74, 6) is -1.41. The van der Waals surface area contributed by atoms with E-state index in [1.54, 1.807) is 0 Å². The Morgan fingerprint density at radius 1 is 0.346 bits per heavy atom. The number of unbranched alkanes of at least 4 members (excludes halogenated alkanes) is 31. The van der Waals surface area contributed by atoms with Crippen molar-refractivity contribution in [3.63, 3.8) is 0 Å². The number of hydrogen-bond acceptors (Lipinski definition) is 15. The minimum atomic E-state index is -4.94. The Morgan fingerprint density at radius 3 is 0.872 bits per heavy atom. The zero-order valence-corrected chi connectivity index (χ0v) is 51.6. The summed E-state index contributed by atoms with van der Waals surface area (Å²) >= 11 is 0. The minimum absolute atomic E-state index is 0.104. The van der Waals surface area contributed by atoms with Gasteiger partial charge in [-0.05, 0) is 31.6 Å². The third-order valence-electron chi connectivity index (χ3n) is 13.5. The van der Waals surface area contributed by atoms with Gasteiger partial charge in [-0.15, -0.1) is 0 Å². The molecule has 0 saturated heterocycles. The zero-order chi connectivity index (χ0) is 57.8. The first-order valence-electron chi connectivity index (χ1n) is 31.1.